The van der Waals surface area contributed by atoms with E-state index in [1.54, 1.807) is 24.4 Å². The monoisotopic (exact) mass is 282 g/mol. The predicted octanol–water partition coefficient (Wildman–Crippen LogP) is 3.43. The molecule has 1 aromatic carbocycles. The Morgan fingerprint density at radius 1 is 1.17 bits per heavy atom. The second kappa shape index (κ2) is 6.05. The highest BCUT2D eigenvalue weighted by atomic mass is 35.5. The number of hydrogen-bond acceptors (Lipinski definition) is 3. The van der Waals surface area contributed by atoms with Crippen LogP contribution in [0.2, 0.25) is 10.0 Å². The number of aromatic nitrogens is 1. The molecule has 2 rings (SSSR count). The Morgan fingerprint density at radius 3 is 2.72 bits per heavy atom. The molecule has 2 N–H and O–H groups in total. The van der Waals surface area contributed by atoms with Crippen LogP contribution in [-0.4, -0.2) is 4.98 Å². The summed E-state index contributed by atoms with van der Waals surface area (Å²) in [6.07, 6.45) is 1.71. The van der Waals surface area contributed by atoms with Crippen LogP contribution in [0.3, 0.4) is 0 Å². The van der Waals surface area contributed by atoms with Gasteiger partial charge in [0.1, 0.15) is 12.4 Å². The highest BCUT2D eigenvalue weighted by Gasteiger charge is 2.04. The van der Waals surface area contributed by atoms with E-state index in [4.69, 9.17) is 33.7 Å². The van der Waals surface area contributed by atoms with E-state index >= 15 is 0 Å². The Labute approximate surface area is 115 Å². The zero-order valence-corrected chi connectivity index (χ0v) is 11.1. The fourth-order valence-corrected chi connectivity index (χ4v) is 1.80. The van der Waals surface area contributed by atoms with Gasteiger partial charge in [-0.25, -0.2) is 0 Å². The van der Waals surface area contributed by atoms with Crippen molar-refractivity contribution in [3.8, 4) is 5.75 Å². The molecule has 0 fully saturated rings. The van der Waals surface area contributed by atoms with Crippen LogP contribution >= 0.6 is 23.2 Å². The van der Waals surface area contributed by atoms with Crippen LogP contribution in [0.25, 0.3) is 0 Å². The molecule has 0 saturated carbocycles. The van der Waals surface area contributed by atoms with Crippen molar-refractivity contribution in [1.82, 2.24) is 4.98 Å². The maximum atomic E-state index is 5.91. The van der Waals surface area contributed by atoms with Crippen LogP contribution in [0.15, 0.2) is 36.5 Å². The molecule has 0 radical (unpaired) electrons. The summed E-state index contributed by atoms with van der Waals surface area (Å²) in [6, 6.07) is 8.95. The Kier molecular flexibility index (Phi) is 4.42. The van der Waals surface area contributed by atoms with E-state index in [-0.39, 0.29) is 0 Å². The van der Waals surface area contributed by atoms with Crippen molar-refractivity contribution in [3.05, 3.63) is 57.8 Å². The Balaban J connectivity index is 2.09. The van der Waals surface area contributed by atoms with Gasteiger partial charge in [0, 0.05) is 24.4 Å². The van der Waals surface area contributed by atoms with Crippen molar-refractivity contribution in [2.75, 3.05) is 0 Å². The van der Waals surface area contributed by atoms with Gasteiger partial charge in [-0.15, -0.1) is 0 Å². The number of halogens is 2. The van der Waals surface area contributed by atoms with Gasteiger partial charge >= 0.3 is 0 Å². The summed E-state index contributed by atoms with van der Waals surface area (Å²) in [5.74, 6) is 0.663. The van der Waals surface area contributed by atoms with Gasteiger partial charge in [0.15, 0.2) is 0 Å². The van der Waals surface area contributed by atoms with Crippen LogP contribution in [0.4, 0.5) is 0 Å². The van der Waals surface area contributed by atoms with E-state index in [0.717, 1.165) is 11.3 Å². The number of pyridine rings is 1. The number of hydrogen-bond donors (Lipinski definition) is 1. The minimum Gasteiger partial charge on any atom is -0.489 e. The van der Waals surface area contributed by atoms with Gasteiger partial charge in [-0.1, -0.05) is 29.3 Å². The summed E-state index contributed by atoms with van der Waals surface area (Å²) in [5, 5.41) is 0.979. The van der Waals surface area contributed by atoms with Crippen LogP contribution in [-0.2, 0) is 13.2 Å². The zero-order chi connectivity index (χ0) is 13.0. The summed E-state index contributed by atoms with van der Waals surface area (Å²) in [6.45, 7) is 0.791. The number of nitrogens with two attached hydrogens (primary N) is 1. The van der Waals surface area contributed by atoms with Crippen LogP contribution in [0.5, 0.6) is 5.75 Å². The third-order valence-corrected chi connectivity index (χ3v) is 3.20. The van der Waals surface area contributed by atoms with E-state index in [9.17, 15) is 0 Å². The van der Waals surface area contributed by atoms with Gasteiger partial charge in [0.25, 0.3) is 0 Å². The van der Waals surface area contributed by atoms with Gasteiger partial charge in [-0.3, -0.25) is 4.98 Å². The Hall–Kier alpha value is -1.29. The van der Waals surface area contributed by atoms with E-state index < -0.39 is 0 Å². The van der Waals surface area contributed by atoms with Gasteiger partial charge < -0.3 is 10.5 Å². The summed E-state index contributed by atoms with van der Waals surface area (Å²) in [4.78, 5) is 4.19. The summed E-state index contributed by atoms with van der Waals surface area (Å²) < 4.78 is 5.63. The van der Waals surface area contributed by atoms with Crippen molar-refractivity contribution in [1.29, 1.82) is 0 Å². The molecule has 0 spiro atoms. The largest absolute Gasteiger partial charge is 0.489 e. The predicted molar refractivity (Wildman–Crippen MR) is 72.9 cm³/mol. The molecule has 0 saturated heterocycles. The van der Waals surface area contributed by atoms with Crippen LogP contribution < -0.4 is 10.5 Å². The van der Waals surface area contributed by atoms with Gasteiger partial charge in [0.05, 0.1) is 15.7 Å². The SMILES string of the molecule is NCc1ncccc1COc1ccc(Cl)c(Cl)c1. The highest BCUT2D eigenvalue weighted by molar-refractivity contribution is 6.42. The quantitative estimate of drug-likeness (QED) is 0.935. The summed E-state index contributed by atoms with van der Waals surface area (Å²) in [7, 11) is 0. The summed E-state index contributed by atoms with van der Waals surface area (Å²) >= 11 is 11.7. The van der Waals surface area contributed by atoms with E-state index in [0.29, 0.717) is 28.9 Å². The fraction of sp³-hybridized carbons (Fsp3) is 0.154. The van der Waals surface area contributed by atoms with E-state index in [2.05, 4.69) is 4.98 Å². The highest BCUT2D eigenvalue weighted by Crippen LogP contribution is 2.26. The van der Waals surface area contributed by atoms with Crippen molar-refractivity contribution < 1.29 is 4.74 Å². The average molecular weight is 283 g/mol. The molecule has 18 heavy (non-hydrogen) atoms. The molecule has 0 aliphatic rings. The van der Waals surface area contributed by atoms with E-state index in [1.807, 2.05) is 12.1 Å². The fourth-order valence-electron chi connectivity index (χ4n) is 1.51. The maximum Gasteiger partial charge on any atom is 0.121 e. The van der Waals surface area contributed by atoms with Gasteiger partial charge in [0.2, 0.25) is 0 Å². The first kappa shape index (κ1) is 13.1. The average Bonchev–Trinajstić information content (AvgIpc) is 2.40. The number of nitrogens with zero attached hydrogens (tertiary/aromatic N) is 1. The molecule has 0 atom stereocenters. The lowest BCUT2D eigenvalue weighted by atomic mass is 10.2. The molecular weight excluding hydrogens is 271 g/mol. The maximum absolute atomic E-state index is 5.91. The topological polar surface area (TPSA) is 48.1 Å². The molecular formula is C13H12Cl2N2O. The molecule has 1 heterocycles. The lowest BCUT2D eigenvalue weighted by Gasteiger charge is -2.09. The first-order valence-corrected chi connectivity index (χ1v) is 6.17. The van der Waals surface area contributed by atoms with Gasteiger partial charge in [-0.2, -0.15) is 0 Å². The smallest absolute Gasteiger partial charge is 0.121 e. The molecule has 3 nitrogen and oxygen atoms in total. The minimum atomic E-state index is 0.390. The second-order valence-corrected chi connectivity index (χ2v) is 4.49. The Morgan fingerprint density at radius 2 is 2.00 bits per heavy atom. The molecule has 1 aromatic heterocycles. The third kappa shape index (κ3) is 3.13. The van der Waals surface area contributed by atoms with E-state index in [1.165, 1.54) is 0 Å². The summed E-state index contributed by atoms with van der Waals surface area (Å²) in [5.41, 5.74) is 7.40. The molecule has 0 aliphatic heterocycles. The number of rotatable bonds is 4. The molecule has 94 valence electrons. The Bertz CT molecular complexity index is 546. The van der Waals surface area contributed by atoms with Crippen LogP contribution in [0, 0.1) is 0 Å². The van der Waals surface area contributed by atoms with Crippen molar-refractivity contribution in [3.63, 3.8) is 0 Å². The van der Waals surface area contributed by atoms with Crippen molar-refractivity contribution in [2.24, 2.45) is 5.73 Å². The number of benzene rings is 1. The number of ether oxygens (including phenoxy) is 1. The normalized spacial score (nSPS) is 10.4. The lowest BCUT2D eigenvalue weighted by Crippen LogP contribution is -2.06. The second-order valence-electron chi connectivity index (χ2n) is 3.68. The first-order chi connectivity index (χ1) is 8.70. The lowest BCUT2D eigenvalue weighted by molar-refractivity contribution is 0.304. The molecule has 0 amide bonds. The molecule has 2 aromatic rings. The third-order valence-electron chi connectivity index (χ3n) is 2.46. The minimum absolute atomic E-state index is 0.390. The molecule has 0 aliphatic carbocycles. The van der Waals surface area contributed by atoms with Crippen molar-refractivity contribution >= 4 is 23.2 Å². The van der Waals surface area contributed by atoms with Crippen molar-refractivity contribution in [2.45, 2.75) is 13.2 Å². The first-order valence-electron chi connectivity index (χ1n) is 5.41. The standard InChI is InChI=1S/C13H12Cl2N2O/c14-11-4-3-10(6-12(11)15)18-8-9-2-1-5-17-13(9)7-16/h1-6H,7-8,16H2. The molecule has 5 heteroatoms. The molecule has 0 unspecified atom stereocenters. The van der Waals surface area contributed by atoms with Crippen LogP contribution in [0.1, 0.15) is 11.3 Å². The van der Waals surface area contributed by atoms with Gasteiger partial charge in [-0.05, 0) is 18.2 Å². The molecule has 0 bridgehead atoms. The zero-order valence-electron chi connectivity index (χ0n) is 9.57.